The van der Waals surface area contributed by atoms with Gasteiger partial charge in [-0.1, -0.05) is 0 Å². The van der Waals surface area contributed by atoms with Crippen molar-refractivity contribution in [3.05, 3.63) is 48.0 Å². The molecule has 97 valence electrons. The highest BCUT2D eigenvalue weighted by Gasteiger charge is 2.10. The Morgan fingerprint density at radius 2 is 1.21 bits per heavy atom. The maximum absolute atomic E-state index is 12.9. The van der Waals surface area contributed by atoms with E-state index in [-0.39, 0.29) is 23.0 Å². The average Bonchev–Trinajstić information content (AvgIpc) is 2.38. The maximum atomic E-state index is 12.9. The van der Waals surface area contributed by atoms with E-state index in [2.05, 4.69) is 0 Å². The third-order valence-electron chi connectivity index (χ3n) is 2.19. The Kier molecular flexibility index (Phi) is 3.75. The molecule has 0 unspecified atom stereocenters. The smallest absolute Gasteiger partial charge is 0.524 e. The molecule has 0 aromatic heterocycles. The number of phenols is 2. The number of hydrogen-bond acceptors (Lipinski definition) is 4. The molecule has 4 nitrogen and oxygen atoms in total. The number of hydrogen-bond donors (Lipinski definition) is 2. The first-order valence-electron chi connectivity index (χ1n) is 5.18. The van der Waals surface area contributed by atoms with Crippen molar-refractivity contribution in [2.45, 2.75) is 0 Å². The first kappa shape index (κ1) is 13.0. The molecule has 0 saturated carbocycles. The van der Waals surface area contributed by atoms with Gasteiger partial charge in [0, 0.05) is 12.1 Å². The molecular formula is C12H8BF2O4. The van der Waals surface area contributed by atoms with Crippen LogP contribution in [0.3, 0.4) is 0 Å². The second-order valence-corrected chi connectivity index (χ2v) is 3.56. The third kappa shape index (κ3) is 3.28. The van der Waals surface area contributed by atoms with E-state index in [1.54, 1.807) is 0 Å². The van der Waals surface area contributed by atoms with Crippen molar-refractivity contribution in [2.75, 3.05) is 0 Å². The van der Waals surface area contributed by atoms with Crippen molar-refractivity contribution in [1.82, 2.24) is 0 Å². The lowest BCUT2D eigenvalue weighted by Crippen LogP contribution is -2.11. The minimum absolute atomic E-state index is 0.170. The van der Waals surface area contributed by atoms with Gasteiger partial charge in [0.25, 0.3) is 0 Å². The average molecular weight is 265 g/mol. The van der Waals surface area contributed by atoms with Crippen LogP contribution in [0.15, 0.2) is 36.4 Å². The zero-order valence-corrected chi connectivity index (χ0v) is 9.51. The zero-order chi connectivity index (χ0) is 13.8. The molecule has 2 rings (SSSR count). The van der Waals surface area contributed by atoms with Gasteiger partial charge in [-0.3, -0.25) is 0 Å². The Morgan fingerprint density at radius 1 is 0.789 bits per heavy atom. The summed E-state index contributed by atoms with van der Waals surface area (Å²) in [7, 11) is 0.739. The zero-order valence-electron chi connectivity index (χ0n) is 9.51. The Labute approximate surface area is 108 Å². The Balaban J connectivity index is 2.00. The van der Waals surface area contributed by atoms with Crippen LogP contribution in [0.1, 0.15) is 0 Å². The largest absolute Gasteiger partial charge is 0.658 e. The number of aromatic hydroxyl groups is 2. The van der Waals surface area contributed by atoms with E-state index in [1.807, 2.05) is 0 Å². The molecular weight excluding hydrogens is 257 g/mol. The minimum atomic E-state index is -0.602. The van der Waals surface area contributed by atoms with Crippen LogP contribution in [0, 0.1) is 11.6 Å². The summed E-state index contributed by atoms with van der Waals surface area (Å²) in [5, 5.41) is 18.7. The van der Waals surface area contributed by atoms with Crippen LogP contribution in [0.4, 0.5) is 8.78 Å². The molecule has 0 bridgehead atoms. The number of benzene rings is 2. The Morgan fingerprint density at radius 3 is 1.63 bits per heavy atom. The standard InChI is InChI=1S/C12H8BF2O4/c14-7-1-3-9(16)11(5-7)18-13-19-12-6-8(15)2-4-10(12)17/h1-6,16-17H. The summed E-state index contributed by atoms with van der Waals surface area (Å²) in [5.74, 6) is -2.12. The van der Waals surface area contributed by atoms with Gasteiger partial charge in [0.1, 0.15) is 23.1 Å². The van der Waals surface area contributed by atoms with Crippen LogP contribution in [0.5, 0.6) is 23.0 Å². The predicted octanol–water partition coefficient (Wildman–Crippen LogP) is 2.37. The third-order valence-corrected chi connectivity index (χ3v) is 2.19. The van der Waals surface area contributed by atoms with Gasteiger partial charge in [0.2, 0.25) is 0 Å². The molecule has 2 N–H and O–H groups in total. The summed E-state index contributed by atoms with van der Waals surface area (Å²) >= 11 is 0. The first-order chi connectivity index (χ1) is 9.06. The second kappa shape index (κ2) is 5.47. The van der Waals surface area contributed by atoms with Crippen LogP contribution in [-0.2, 0) is 0 Å². The molecule has 0 fully saturated rings. The maximum Gasteiger partial charge on any atom is 0.658 e. The van der Waals surface area contributed by atoms with Gasteiger partial charge in [-0.25, -0.2) is 8.78 Å². The molecule has 1 radical (unpaired) electrons. The van der Waals surface area contributed by atoms with E-state index in [0.717, 1.165) is 44.1 Å². The molecule has 0 aliphatic heterocycles. The van der Waals surface area contributed by atoms with Crippen LogP contribution in [0.25, 0.3) is 0 Å². The molecule has 2 aromatic rings. The summed E-state index contributed by atoms with van der Waals surface area (Å²) in [6, 6.07) is 6.22. The van der Waals surface area contributed by atoms with Crippen molar-refractivity contribution in [2.24, 2.45) is 0 Å². The summed E-state index contributed by atoms with van der Waals surface area (Å²) in [6.45, 7) is 0. The molecule has 0 atom stereocenters. The fourth-order valence-corrected chi connectivity index (χ4v) is 1.29. The van der Waals surface area contributed by atoms with Gasteiger partial charge in [0.05, 0.1) is 0 Å². The molecule has 0 heterocycles. The Bertz CT molecular complexity index is 540. The lowest BCUT2D eigenvalue weighted by Gasteiger charge is -2.09. The lowest BCUT2D eigenvalue weighted by molar-refractivity contribution is 0.393. The minimum Gasteiger partial charge on any atom is -0.524 e. The molecule has 7 heteroatoms. The predicted molar refractivity (Wildman–Crippen MR) is 63.1 cm³/mol. The highest BCUT2D eigenvalue weighted by molar-refractivity contribution is 6.21. The Hall–Kier alpha value is -2.44. The van der Waals surface area contributed by atoms with Crippen molar-refractivity contribution >= 4 is 7.69 Å². The van der Waals surface area contributed by atoms with Crippen molar-refractivity contribution in [3.8, 4) is 23.0 Å². The normalized spacial score (nSPS) is 10.0. The summed E-state index contributed by atoms with van der Waals surface area (Å²) in [6.07, 6.45) is 0. The second-order valence-electron chi connectivity index (χ2n) is 3.56. The molecule has 0 aliphatic rings. The molecule has 2 aromatic carbocycles. The van der Waals surface area contributed by atoms with Crippen LogP contribution in [-0.4, -0.2) is 17.9 Å². The summed E-state index contributed by atoms with van der Waals surface area (Å²) < 4.78 is 35.4. The van der Waals surface area contributed by atoms with Crippen molar-refractivity contribution in [3.63, 3.8) is 0 Å². The van der Waals surface area contributed by atoms with E-state index >= 15 is 0 Å². The fourth-order valence-electron chi connectivity index (χ4n) is 1.29. The molecule has 0 amide bonds. The van der Waals surface area contributed by atoms with Gasteiger partial charge in [-0.15, -0.1) is 0 Å². The van der Waals surface area contributed by atoms with Gasteiger partial charge in [-0.05, 0) is 24.3 Å². The van der Waals surface area contributed by atoms with E-state index in [9.17, 15) is 19.0 Å². The van der Waals surface area contributed by atoms with Gasteiger partial charge >= 0.3 is 7.69 Å². The highest BCUT2D eigenvalue weighted by atomic mass is 19.1. The van der Waals surface area contributed by atoms with Gasteiger partial charge < -0.3 is 19.5 Å². The number of phenolic OH excluding ortho intramolecular Hbond substituents is 2. The van der Waals surface area contributed by atoms with Crippen molar-refractivity contribution in [1.29, 1.82) is 0 Å². The molecule has 19 heavy (non-hydrogen) atoms. The molecule has 0 saturated heterocycles. The monoisotopic (exact) mass is 265 g/mol. The van der Waals surface area contributed by atoms with Gasteiger partial charge in [-0.2, -0.15) is 0 Å². The van der Waals surface area contributed by atoms with E-state index in [1.165, 1.54) is 0 Å². The number of halogens is 2. The van der Waals surface area contributed by atoms with E-state index in [4.69, 9.17) is 9.31 Å². The topological polar surface area (TPSA) is 58.9 Å². The quantitative estimate of drug-likeness (QED) is 0.833. The van der Waals surface area contributed by atoms with Crippen LogP contribution in [0.2, 0.25) is 0 Å². The number of rotatable bonds is 4. The van der Waals surface area contributed by atoms with Crippen LogP contribution < -0.4 is 9.31 Å². The fraction of sp³-hybridized carbons (Fsp3) is 0. The first-order valence-corrected chi connectivity index (χ1v) is 5.18. The van der Waals surface area contributed by atoms with Crippen LogP contribution >= 0.6 is 0 Å². The van der Waals surface area contributed by atoms with E-state index < -0.39 is 11.6 Å². The summed E-state index contributed by atoms with van der Waals surface area (Å²) in [5.41, 5.74) is 0. The SMILES string of the molecule is Oc1ccc(F)cc1O[B]Oc1cc(F)ccc1O. The lowest BCUT2D eigenvalue weighted by atomic mass is 10.2. The molecule has 0 aliphatic carbocycles. The van der Waals surface area contributed by atoms with Gasteiger partial charge in [0.15, 0.2) is 11.5 Å². The summed E-state index contributed by atoms with van der Waals surface area (Å²) in [4.78, 5) is 0. The highest BCUT2D eigenvalue weighted by Crippen LogP contribution is 2.28. The molecule has 0 spiro atoms. The van der Waals surface area contributed by atoms with Crippen molar-refractivity contribution < 1.29 is 28.3 Å². The van der Waals surface area contributed by atoms with E-state index in [0.29, 0.717) is 0 Å².